The van der Waals surface area contributed by atoms with Crippen molar-refractivity contribution in [3.8, 4) is 5.69 Å². The number of benzene rings is 1. The number of para-hydroxylation sites is 1. The van der Waals surface area contributed by atoms with Crippen molar-refractivity contribution in [3.63, 3.8) is 0 Å². The van der Waals surface area contributed by atoms with E-state index in [0.717, 1.165) is 19.0 Å². The first kappa shape index (κ1) is 21.8. The van der Waals surface area contributed by atoms with Gasteiger partial charge < -0.3 is 13.3 Å². The topological polar surface area (TPSA) is 36.5 Å². The molecule has 0 aliphatic carbocycles. The van der Waals surface area contributed by atoms with Crippen LogP contribution >= 0.6 is 0 Å². The molecule has 0 aliphatic rings. The first-order valence-corrected chi connectivity index (χ1v) is 11.7. The van der Waals surface area contributed by atoms with Crippen LogP contribution in [0, 0.1) is 0 Å². The maximum Gasteiger partial charge on any atom is 0.500 e. The molecule has 5 nitrogen and oxygen atoms in total. The van der Waals surface area contributed by atoms with Gasteiger partial charge in [-0.3, -0.25) is 0 Å². The van der Waals surface area contributed by atoms with E-state index >= 15 is 0 Å². The second-order valence-corrected chi connectivity index (χ2v) is 10.6. The first-order chi connectivity index (χ1) is 12.9. The lowest BCUT2D eigenvalue weighted by molar-refractivity contribution is -0.696. The van der Waals surface area contributed by atoms with Gasteiger partial charge in [-0.15, -0.1) is 0 Å². The van der Waals surface area contributed by atoms with Gasteiger partial charge in [-0.25, -0.2) is 9.13 Å². The molecule has 0 spiro atoms. The van der Waals surface area contributed by atoms with Crippen molar-refractivity contribution in [2.24, 2.45) is 0 Å². The van der Waals surface area contributed by atoms with Crippen LogP contribution in [0.25, 0.3) is 5.69 Å². The number of nitrogens with zero attached hydrogens (tertiary/aromatic N) is 2. The van der Waals surface area contributed by atoms with E-state index in [9.17, 15) is 0 Å². The van der Waals surface area contributed by atoms with Crippen molar-refractivity contribution in [3.05, 3.63) is 48.0 Å². The molecule has 27 heavy (non-hydrogen) atoms. The lowest BCUT2D eigenvalue weighted by Gasteiger charge is -2.23. The molecule has 150 valence electrons. The third-order valence-electron chi connectivity index (χ3n) is 5.12. The highest BCUT2D eigenvalue weighted by molar-refractivity contribution is 6.60. The summed E-state index contributed by atoms with van der Waals surface area (Å²) in [4.78, 5) is 0. The first-order valence-electron chi connectivity index (χ1n) is 9.73. The Morgan fingerprint density at radius 1 is 0.963 bits per heavy atom. The maximum atomic E-state index is 5.51. The molecule has 1 aromatic carbocycles. The van der Waals surface area contributed by atoms with Crippen molar-refractivity contribution < 1.29 is 17.8 Å². The minimum Gasteiger partial charge on any atom is -0.377 e. The molecule has 0 saturated carbocycles. The molecular formula is C21H35N2O3Si+. The largest absolute Gasteiger partial charge is 0.500 e. The van der Waals surface area contributed by atoms with Gasteiger partial charge in [-0.1, -0.05) is 45.9 Å². The van der Waals surface area contributed by atoms with Crippen LogP contribution in [0.3, 0.4) is 0 Å². The van der Waals surface area contributed by atoms with Crippen LogP contribution in [0.4, 0.5) is 0 Å². The molecule has 0 radical (unpaired) electrons. The van der Waals surface area contributed by atoms with Crippen molar-refractivity contribution in [1.82, 2.24) is 4.57 Å². The Bertz CT molecular complexity index is 689. The third-order valence-corrected chi connectivity index (χ3v) is 7.96. The standard InChI is InChI=1S/C21H35N2O3Si/c1-17(2)19-10-8-11-20(18(3)4)21(19)23-14-13-22(16-23)12-9-15-27(24-5,25-6)26-7/h8,10-11,13-14,16-18H,9,12,15H2,1-7H3/q+1. The summed E-state index contributed by atoms with van der Waals surface area (Å²) >= 11 is 0. The number of rotatable bonds is 10. The second-order valence-electron chi connectivity index (χ2n) is 7.55. The van der Waals surface area contributed by atoms with Gasteiger partial charge in [0, 0.05) is 38.5 Å². The Hall–Kier alpha value is -1.47. The van der Waals surface area contributed by atoms with Crippen LogP contribution in [-0.4, -0.2) is 34.7 Å². The molecule has 0 atom stereocenters. The zero-order valence-corrected chi connectivity index (χ0v) is 18.9. The molecule has 6 heteroatoms. The summed E-state index contributed by atoms with van der Waals surface area (Å²) in [7, 11) is 2.50. The predicted molar refractivity (Wildman–Crippen MR) is 110 cm³/mol. The summed E-state index contributed by atoms with van der Waals surface area (Å²) in [5, 5.41) is 0. The quantitative estimate of drug-likeness (QED) is 0.448. The van der Waals surface area contributed by atoms with E-state index in [2.05, 4.69) is 73.7 Å². The van der Waals surface area contributed by atoms with Gasteiger partial charge >= 0.3 is 8.80 Å². The fraction of sp³-hybridized carbons (Fsp3) is 0.571. The lowest BCUT2D eigenvalue weighted by atomic mass is 9.92. The van der Waals surface area contributed by atoms with Gasteiger partial charge in [-0.2, -0.15) is 0 Å². The second kappa shape index (κ2) is 9.64. The van der Waals surface area contributed by atoms with Crippen molar-refractivity contribution in [2.45, 2.75) is 58.5 Å². The minimum atomic E-state index is -2.50. The van der Waals surface area contributed by atoms with Gasteiger partial charge in [0.05, 0.1) is 6.54 Å². The highest BCUT2D eigenvalue weighted by Crippen LogP contribution is 2.30. The summed E-state index contributed by atoms with van der Waals surface area (Å²) in [6.07, 6.45) is 7.42. The third kappa shape index (κ3) is 5.07. The molecule has 0 bridgehead atoms. The molecule has 0 fully saturated rings. The van der Waals surface area contributed by atoms with Gasteiger partial charge in [0.2, 0.25) is 6.33 Å². The monoisotopic (exact) mass is 391 g/mol. The number of imidazole rings is 1. The van der Waals surface area contributed by atoms with Crippen LogP contribution in [0.15, 0.2) is 36.9 Å². The SMILES string of the molecule is CO[Si](CCC[n+]1ccn(-c2c(C(C)C)cccc2C(C)C)c1)(OC)OC. The highest BCUT2D eigenvalue weighted by atomic mass is 28.4. The zero-order valence-electron chi connectivity index (χ0n) is 17.9. The maximum absolute atomic E-state index is 5.51. The number of hydrogen-bond donors (Lipinski definition) is 0. The van der Waals surface area contributed by atoms with Crippen LogP contribution in [0.1, 0.15) is 57.1 Å². The average Bonchev–Trinajstić information content (AvgIpc) is 3.13. The summed E-state index contributed by atoms with van der Waals surface area (Å²) in [6.45, 7) is 9.92. The van der Waals surface area contributed by atoms with Crippen LogP contribution < -0.4 is 4.57 Å². The summed E-state index contributed by atoms with van der Waals surface area (Å²) in [5.74, 6) is 0.956. The lowest BCUT2D eigenvalue weighted by Crippen LogP contribution is -2.43. The Kier molecular flexibility index (Phi) is 7.79. The van der Waals surface area contributed by atoms with Crippen molar-refractivity contribution in [1.29, 1.82) is 0 Å². The van der Waals surface area contributed by atoms with E-state index in [1.165, 1.54) is 16.8 Å². The van der Waals surface area contributed by atoms with E-state index in [0.29, 0.717) is 11.8 Å². The molecule has 0 amide bonds. The normalized spacial score (nSPS) is 12.3. The fourth-order valence-electron chi connectivity index (χ4n) is 3.50. The number of aromatic nitrogens is 2. The highest BCUT2D eigenvalue weighted by Gasteiger charge is 2.37. The van der Waals surface area contributed by atoms with E-state index in [1.54, 1.807) is 21.3 Å². The Balaban J connectivity index is 2.21. The number of hydrogen-bond acceptors (Lipinski definition) is 3. The van der Waals surface area contributed by atoms with Gasteiger partial charge in [0.25, 0.3) is 0 Å². The Morgan fingerprint density at radius 2 is 1.52 bits per heavy atom. The average molecular weight is 392 g/mol. The molecule has 1 heterocycles. The van der Waals surface area contributed by atoms with E-state index in [4.69, 9.17) is 13.3 Å². The molecule has 0 unspecified atom stereocenters. The predicted octanol–water partition coefficient (Wildman–Crippen LogP) is 4.28. The molecular weight excluding hydrogens is 356 g/mol. The van der Waals surface area contributed by atoms with Gasteiger partial charge in [-0.05, 0) is 18.3 Å². The van der Waals surface area contributed by atoms with Crippen LogP contribution in [-0.2, 0) is 19.8 Å². The van der Waals surface area contributed by atoms with E-state index in [-0.39, 0.29) is 0 Å². The molecule has 0 aliphatic heterocycles. The molecule has 0 saturated heterocycles. The Labute approximate surface area is 165 Å². The minimum absolute atomic E-state index is 0.478. The molecule has 0 N–H and O–H groups in total. The summed E-state index contributed by atoms with van der Waals surface area (Å²) in [6, 6.07) is 7.46. The molecule has 2 aromatic rings. The summed E-state index contributed by atoms with van der Waals surface area (Å²) < 4.78 is 21.0. The Morgan fingerprint density at radius 3 is 2.00 bits per heavy atom. The smallest absolute Gasteiger partial charge is 0.377 e. The molecule has 1 aromatic heterocycles. The van der Waals surface area contributed by atoms with Crippen LogP contribution in [0.2, 0.25) is 6.04 Å². The zero-order chi connectivity index (χ0) is 20.0. The molecule has 2 rings (SSSR count). The summed E-state index contributed by atoms with van der Waals surface area (Å²) in [5.41, 5.74) is 4.08. The number of aryl methyl sites for hydroxylation is 1. The van der Waals surface area contributed by atoms with E-state index < -0.39 is 8.80 Å². The van der Waals surface area contributed by atoms with E-state index in [1.807, 2.05) is 0 Å². The van der Waals surface area contributed by atoms with Crippen LogP contribution in [0.5, 0.6) is 0 Å². The van der Waals surface area contributed by atoms with Gasteiger partial charge in [0.1, 0.15) is 18.1 Å². The van der Waals surface area contributed by atoms with Crippen molar-refractivity contribution in [2.75, 3.05) is 21.3 Å². The van der Waals surface area contributed by atoms with Gasteiger partial charge in [0.15, 0.2) is 0 Å². The fourth-order valence-corrected chi connectivity index (χ4v) is 5.21. The van der Waals surface area contributed by atoms with Crippen molar-refractivity contribution >= 4 is 8.80 Å².